The zero-order chi connectivity index (χ0) is 17.6. The number of halogens is 1. The second-order valence-electron chi connectivity index (χ2n) is 5.55. The van der Waals surface area contributed by atoms with Gasteiger partial charge in [0.05, 0.1) is 10.6 Å². The highest BCUT2D eigenvalue weighted by Gasteiger charge is 2.23. The van der Waals surface area contributed by atoms with Gasteiger partial charge in [0.2, 0.25) is 5.91 Å². The number of nitrogens with zero attached hydrogens (tertiary/aromatic N) is 2. The molecular formula is C16H20BrN3O3S. The van der Waals surface area contributed by atoms with Crippen molar-refractivity contribution in [3.63, 3.8) is 0 Å². The third-order valence-electron chi connectivity index (χ3n) is 3.51. The molecule has 0 saturated heterocycles. The van der Waals surface area contributed by atoms with Gasteiger partial charge in [-0.15, -0.1) is 0 Å². The van der Waals surface area contributed by atoms with Crippen molar-refractivity contribution in [3.8, 4) is 0 Å². The van der Waals surface area contributed by atoms with Gasteiger partial charge >= 0.3 is 0 Å². The highest BCUT2D eigenvalue weighted by molar-refractivity contribution is 9.10. The minimum Gasteiger partial charge on any atom is -0.356 e. The van der Waals surface area contributed by atoms with Crippen molar-refractivity contribution in [3.05, 3.63) is 47.2 Å². The fourth-order valence-electron chi connectivity index (χ4n) is 2.20. The van der Waals surface area contributed by atoms with Crippen LogP contribution in [0.1, 0.15) is 13.3 Å². The van der Waals surface area contributed by atoms with Crippen LogP contribution in [-0.2, 0) is 21.2 Å². The Hall–Kier alpha value is -1.67. The van der Waals surface area contributed by atoms with Crippen molar-refractivity contribution < 1.29 is 13.2 Å². The molecule has 0 aliphatic carbocycles. The Labute approximate surface area is 150 Å². The van der Waals surface area contributed by atoms with Crippen LogP contribution in [0.5, 0.6) is 0 Å². The van der Waals surface area contributed by atoms with E-state index in [0.717, 1.165) is 10.9 Å². The zero-order valence-corrected chi connectivity index (χ0v) is 15.8. The Bertz CT molecular complexity index is 758. The molecule has 6 nitrogen and oxygen atoms in total. The van der Waals surface area contributed by atoms with E-state index in [1.54, 1.807) is 29.9 Å². The van der Waals surface area contributed by atoms with E-state index in [-0.39, 0.29) is 16.6 Å². The quantitative estimate of drug-likeness (QED) is 0.672. The lowest BCUT2D eigenvalue weighted by Gasteiger charge is -2.13. The van der Waals surface area contributed by atoms with E-state index in [9.17, 15) is 13.2 Å². The van der Waals surface area contributed by atoms with Crippen LogP contribution in [0, 0.1) is 5.92 Å². The molecule has 1 aromatic carbocycles. The number of aromatic nitrogens is 2. The molecule has 0 bridgehead atoms. The lowest BCUT2D eigenvalue weighted by molar-refractivity contribution is -0.123. The van der Waals surface area contributed by atoms with Crippen molar-refractivity contribution in [2.24, 2.45) is 5.92 Å². The molecule has 24 heavy (non-hydrogen) atoms. The van der Waals surface area contributed by atoms with Crippen LogP contribution >= 0.6 is 15.9 Å². The van der Waals surface area contributed by atoms with E-state index in [0.29, 0.717) is 13.1 Å². The summed E-state index contributed by atoms with van der Waals surface area (Å²) < 4.78 is 27.3. The van der Waals surface area contributed by atoms with Crippen LogP contribution in [0.15, 0.2) is 52.1 Å². The Morgan fingerprint density at radius 1 is 1.33 bits per heavy atom. The molecule has 1 aromatic heterocycles. The molecule has 0 radical (unpaired) electrons. The van der Waals surface area contributed by atoms with Gasteiger partial charge in [0.1, 0.15) is 0 Å². The monoisotopic (exact) mass is 413 g/mol. The third-order valence-corrected chi connectivity index (χ3v) is 5.97. The van der Waals surface area contributed by atoms with Crippen LogP contribution in [-0.4, -0.2) is 36.4 Å². The summed E-state index contributed by atoms with van der Waals surface area (Å²) in [6.45, 7) is 2.82. The summed E-state index contributed by atoms with van der Waals surface area (Å²) in [6.07, 6.45) is 4.29. The topological polar surface area (TPSA) is 81.1 Å². The second kappa shape index (κ2) is 8.43. The first-order valence-corrected chi connectivity index (χ1v) is 10.1. The van der Waals surface area contributed by atoms with Gasteiger partial charge in [-0.25, -0.2) is 8.42 Å². The fraction of sp³-hybridized carbons (Fsp3) is 0.375. The molecule has 0 aliphatic rings. The number of aryl methyl sites for hydroxylation is 1. The smallest absolute Gasteiger partial charge is 0.223 e. The molecule has 0 saturated carbocycles. The number of nitrogens with one attached hydrogen (secondary N) is 1. The molecular weight excluding hydrogens is 394 g/mol. The summed E-state index contributed by atoms with van der Waals surface area (Å²) in [4.78, 5) is 12.3. The molecule has 8 heteroatoms. The van der Waals surface area contributed by atoms with Crippen molar-refractivity contribution >= 4 is 31.7 Å². The van der Waals surface area contributed by atoms with E-state index < -0.39 is 15.8 Å². The van der Waals surface area contributed by atoms with Crippen molar-refractivity contribution in [2.75, 3.05) is 12.3 Å². The number of sulfone groups is 1. The fourth-order valence-corrected chi connectivity index (χ4v) is 4.02. The summed E-state index contributed by atoms with van der Waals surface area (Å²) >= 11 is 3.27. The molecule has 130 valence electrons. The van der Waals surface area contributed by atoms with Gasteiger partial charge in [-0.2, -0.15) is 5.10 Å². The van der Waals surface area contributed by atoms with E-state index in [1.807, 2.05) is 12.3 Å². The standard InChI is InChI=1S/C16H20BrN3O3S/c1-13(12-24(22,23)15-6-4-14(17)5-7-15)16(21)18-8-2-10-20-11-3-9-19-20/h3-7,9,11,13H,2,8,10,12H2,1H3,(H,18,21)/t13-/m1/s1. The largest absolute Gasteiger partial charge is 0.356 e. The van der Waals surface area contributed by atoms with E-state index in [2.05, 4.69) is 26.3 Å². The van der Waals surface area contributed by atoms with E-state index >= 15 is 0 Å². The van der Waals surface area contributed by atoms with E-state index in [1.165, 1.54) is 12.1 Å². The maximum atomic E-state index is 12.3. The minimum atomic E-state index is -3.48. The molecule has 2 rings (SSSR count). The van der Waals surface area contributed by atoms with Crippen molar-refractivity contribution in [2.45, 2.75) is 24.8 Å². The van der Waals surface area contributed by atoms with Gasteiger partial charge in [0.15, 0.2) is 9.84 Å². The molecule has 2 aromatic rings. The molecule has 1 atom stereocenters. The van der Waals surface area contributed by atoms with Gasteiger partial charge < -0.3 is 5.32 Å². The Kier molecular flexibility index (Phi) is 6.56. The summed E-state index contributed by atoms with van der Waals surface area (Å²) in [5, 5.41) is 6.85. The molecule has 1 heterocycles. The third kappa shape index (κ3) is 5.45. The summed E-state index contributed by atoms with van der Waals surface area (Å²) in [5.74, 6) is -1.07. The van der Waals surface area contributed by atoms with E-state index in [4.69, 9.17) is 0 Å². The number of carbonyl (C=O) groups is 1. The second-order valence-corrected chi connectivity index (χ2v) is 8.50. The first-order chi connectivity index (χ1) is 11.4. The van der Waals surface area contributed by atoms with Crippen LogP contribution in [0.25, 0.3) is 0 Å². The summed E-state index contributed by atoms with van der Waals surface area (Å²) in [7, 11) is -3.48. The van der Waals surface area contributed by atoms with Crippen LogP contribution in [0.2, 0.25) is 0 Å². The predicted octanol–water partition coefficient (Wildman–Crippen LogP) is 2.26. The normalized spacial score (nSPS) is 12.8. The lowest BCUT2D eigenvalue weighted by atomic mass is 10.2. The Morgan fingerprint density at radius 2 is 2.04 bits per heavy atom. The number of hydrogen-bond acceptors (Lipinski definition) is 4. The van der Waals surface area contributed by atoms with Gasteiger partial charge in [0.25, 0.3) is 0 Å². The highest BCUT2D eigenvalue weighted by atomic mass is 79.9. The van der Waals surface area contributed by atoms with Crippen molar-refractivity contribution in [1.29, 1.82) is 0 Å². The van der Waals surface area contributed by atoms with Crippen LogP contribution in [0.4, 0.5) is 0 Å². The highest BCUT2D eigenvalue weighted by Crippen LogP contribution is 2.17. The SMILES string of the molecule is C[C@H](CS(=O)(=O)c1ccc(Br)cc1)C(=O)NCCCn1cccn1. The number of benzene rings is 1. The number of carbonyl (C=O) groups excluding carboxylic acids is 1. The molecule has 0 fully saturated rings. The Balaban J connectivity index is 1.80. The van der Waals surface area contributed by atoms with Gasteiger partial charge in [-0.3, -0.25) is 9.48 Å². The first-order valence-electron chi connectivity index (χ1n) is 7.62. The summed E-state index contributed by atoms with van der Waals surface area (Å²) in [6, 6.07) is 8.26. The molecule has 0 spiro atoms. The van der Waals surface area contributed by atoms with Crippen molar-refractivity contribution in [1.82, 2.24) is 15.1 Å². The maximum absolute atomic E-state index is 12.3. The van der Waals surface area contributed by atoms with Gasteiger partial charge in [-0.1, -0.05) is 22.9 Å². The minimum absolute atomic E-state index is 0.209. The van der Waals surface area contributed by atoms with Gasteiger partial charge in [-0.05, 0) is 36.8 Å². The maximum Gasteiger partial charge on any atom is 0.223 e. The number of rotatable bonds is 8. The Morgan fingerprint density at radius 3 is 2.67 bits per heavy atom. The average Bonchev–Trinajstić information content (AvgIpc) is 3.04. The predicted molar refractivity (Wildman–Crippen MR) is 95.2 cm³/mol. The van der Waals surface area contributed by atoms with Gasteiger partial charge in [0, 0.05) is 35.9 Å². The molecule has 0 aliphatic heterocycles. The first kappa shape index (κ1) is 18.7. The van der Waals surface area contributed by atoms with Crippen LogP contribution < -0.4 is 5.32 Å². The average molecular weight is 414 g/mol. The van der Waals surface area contributed by atoms with Crippen LogP contribution in [0.3, 0.4) is 0 Å². The number of hydrogen-bond donors (Lipinski definition) is 1. The molecule has 1 amide bonds. The number of amides is 1. The summed E-state index contributed by atoms with van der Waals surface area (Å²) in [5.41, 5.74) is 0. The lowest BCUT2D eigenvalue weighted by Crippen LogP contribution is -2.34. The molecule has 0 unspecified atom stereocenters. The molecule has 1 N–H and O–H groups in total. The zero-order valence-electron chi connectivity index (χ0n) is 13.4.